The fourth-order valence-electron chi connectivity index (χ4n) is 3.94. The summed E-state index contributed by atoms with van der Waals surface area (Å²) in [6.45, 7) is 1.36. The van der Waals surface area contributed by atoms with Crippen molar-refractivity contribution in [2.24, 2.45) is 0 Å². The number of anilines is 1. The van der Waals surface area contributed by atoms with Gasteiger partial charge in [0.05, 0.1) is 26.7 Å². The van der Waals surface area contributed by atoms with Gasteiger partial charge in [-0.05, 0) is 41.5 Å². The van der Waals surface area contributed by atoms with Crippen molar-refractivity contribution in [1.82, 2.24) is 5.32 Å². The van der Waals surface area contributed by atoms with Crippen LogP contribution in [0.3, 0.4) is 0 Å². The SMILES string of the molecule is COc1cccc(/C=C/C(=O)NCCC2(c3ccc4c(c3)CC(=O)N4C)OCCO2)c1. The molecule has 2 aromatic rings. The lowest BCUT2D eigenvalue weighted by Gasteiger charge is -2.28. The van der Waals surface area contributed by atoms with Gasteiger partial charge in [0.25, 0.3) is 0 Å². The molecule has 0 radical (unpaired) electrons. The average molecular weight is 422 g/mol. The van der Waals surface area contributed by atoms with Gasteiger partial charge in [-0.1, -0.05) is 18.2 Å². The lowest BCUT2D eigenvalue weighted by Crippen LogP contribution is -2.33. The van der Waals surface area contributed by atoms with Crippen molar-refractivity contribution in [3.05, 3.63) is 65.2 Å². The Bertz CT molecular complexity index is 1010. The fourth-order valence-corrected chi connectivity index (χ4v) is 3.94. The van der Waals surface area contributed by atoms with E-state index in [1.807, 2.05) is 42.5 Å². The maximum absolute atomic E-state index is 12.3. The largest absolute Gasteiger partial charge is 0.497 e. The number of rotatable bonds is 7. The van der Waals surface area contributed by atoms with Gasteiger partial charge >= 0.3 is 0 Å². The van der Waals surface area contributed by atoms with Gasteiger partial charge in [-0.15, -0.1) is 0 Å². The van der Waals surface area contributed by atoms with E-state index >= 15 is 0 Å². The van der Waals surface area contributed by atoms with Gasteiger partial charge in [0.1, 0.15) is 5.75 Å². The molecular formula is C24H26N2O5. The Morgan fingerprint density at radius 1 is 1.23 bits per heavy atom. The monoisotopic (exact) mass is 422 g/mol. The Morgan fingerprint density at radius 2 is 2.03 bits per heavy atom. The number of nitrogens with zero attached hydrogens (tertiary/aromatic N) is 1. The number of benzene rings is 2. The quantitative estimate of drug-likeness (QED) is 0.694. The molecule has 7 nitrogen and oxygen atoms in total. The molecule has 7 heteroatoms. The Balaban J connectivity index is 1.39. The van der Waals surface area contributed by atoms with Gasteiger partial charge in [0.2, 0.25) is 11.8 Å². The number of hydrogen-bond acceptors (Lipinski definition) is 5. The van der Waals surface area contributed by atoms with E-state index in [-0.39, 0.29) is 11.8 Å². The molecule has 0 unspecified atom stereocenters. The number of amides is 2. The first-order chi connectivity index (χ1) is 15.0. The van der Waals surface area contributed by atoms with Crippen molar-refractivity contribution >= 4 is 23.6 Å². The van der Waals surface area contributed by atoms with Crippen LogP contribution in [0.25, 0.3) is 6.08 Å². The second-order valence-electron chi connectivity index (χ2n) is 7.57. The van der Waals surface area contributed by atoms with Crippen molar-refractivity contribution in [2.75, 3.05) is 38.8 Å². The van der Waals surface area contributed by atoms with Crippen LogP contribution < -0.4 is 15.0 Å². The van der Waals surface area contributed by atoms with Crippen molar-refractivity contribution in [3.63, 3.8) is 0 Å². The standard InChI is InChI=1S/C24H26N2O5/c1-26-21-8-7-19(15-18(21)16-23(26)28)24(30-12-13-31-24)10-11-25-22(27)9-6-17-4-3-5-20(14-17)29-2/h3-9,14-15H,10-13,16H2,1-2H3,(H,25,27)/b9-6+. The van der Waals surface area contributed by atoms with Crippen molar-refractivity contribution in [2.45, 2.75) is 18.6 Å². The number of nitrogens with one attached hydrogen (secondary N) is 1. The minimum atomic E-state index is -0.914. The molecule has 2 amide bonds. The number of methoxy groups -OCH3 is 1. The summed E-state index contributed by atoms with van der Waals surface area (Å²) >= 11 is 0. The first-order valence-electron chi connectivity index (χ1n) is 10.3. The van der Waals surface area contributed by atoms with Crippen LogP contribution in [0.5, 0.6) is 5.75 Å². The molecule has 0 atom stereocenters. The second-order valence-corrected chi connectivity index (χ2v) is 7.57. The molecule has 162 valence electrons. The van der Waals surface area contributed by atoms with Crippen LogP contribution in [0, 0.1) is 0 Å². The predicted molar refractivity (Wildman–Crippen MR) is 117 cm³/mol. The van der Waals surface area contributed by atoms with Crippen LogP contribution in [0.4, 0.5) is 5.69 Å². The fraction of sp³-hybridized carbons (Fsp3) is 0.333. The molecule has 2 aliphatic heterocycles. The normalized spacial score (nSPS) is 17.2. The van der Waals surface area contributed by atoms with Crippen LogP contribution >= 0.6 is 0 Å². The van der Waals surface area contributed by atoms with E-state index in [4.69, 9.17) is 14.2 Å². The van der Waals surface area contributed by atoms with Crippen LogP contribution in [0.1, 0.15) is 23.1 Å². The maximum Gasteiger partial charge on any atom is 0.244 e. The molecule has 0 bridgehead atoms. The van der Waals surface area contributed by atoms with Crippen molar-refractivity contribution in [1.29, 1.82) is 0 Å². The minimum absolute atomic E-state index is 0.0737. The van der Waals surface area contributed by atoms with E-state index < -0.39 is 5.79 Å². The van der Waals surface area contributed by atoms with Gasteiger partial charge in [-0.2, -0.15) is 0 Å². The third-order valence-electron chi connectivity index (χ3n) is 5.62. The number of ether oxygens (including phenoxy) is 3. The van der Waals surface area contributed by atoms with E-state index in [1.54, 1.807) is 25.1 Å². The molecule has 1 N–H and O–H groups in total. The third-order valence-corrected chi connectivity index (χ3v) is 5.62. The molecular weight excluding hydrogens is 396 g/mol. The summed E-state index contributed by atoms with van der Waals surface area (Å²) in [6, 6.07) is 13.3. The van der Waals surface area contributed by atoms with Gasteiger partial charge in [-0.3, -0.25) is 9.59 Å². The molecule has 0 saturated carbocycles. The number of fused-ring (bicyclic) bond motifs is 1. The highest BCUT2D eigenvalue weighted by atomic mass is 16.7. The zero-order valence-electron chi connectivity index (χ0n) is 17.7. The topological polar surface area (TPSA) is 77.1 Å². The highest BCUT2D eigenvalue weighted by Gasteiger charge is 2.39. The molecule has 31 heavy (non-hydrogen) atoms. The number of hydrogen-bond donors (Lipinski definition) is 1. The van der Waals surface area contributed by atoms with Crippen LogP contribution in [-0.4, -0.2) is 45.7 Å². The summed E-state index contributed by atoms with van der Waals surface area (Å²) in [7, 11) is 3.39. The zero-order chi connectivity index (χ0) is 21.8. The predicted octanol–water partition coefficient (Wildman–Crippen LogP) is 2.63. The Labute approximate surface area is 181 Å². The van der Waals surface area contributed by atoms with Gasteiger partial charge in [0.15, 0.2) is 5.79 Å². The van der Waals surface area contributed by atoms with Crippen LogP contribution in [0.2, 0.25) is 0 Å². The smallest absolute Gasteiger partial charge is 0.244 e. The van der Waals surface area contributed by atoms with E-state index in [2.05, 4.69) is 5.32 Å². The van der Waals surface area contributed by atoms with Gasteiger partial charge in [-0.25, -0.2) is 0 Å². The molecule has 0 aromatic heterocycles. The highest BCUT2D eigenvalue weighted by Crippen LogP contribution is 2.38. The van der Waals surface area contributed by atoms with Gasteiger partial charge in [0, 0.05) is 37.3 Å². The van der Waals surface area contributed by atoms with Gasteiger partial charge < -0.3 is 24.4 Å². The summed E-state index contributed by atoms with van der Waals surface area (Å²) < 4.78 is 17.1. The molecule has 2 heterocycles. The molecule has 2 aromatic carbocycles. The van der Waals surface area contributed by atoms with E-state index in [0.717, 1.165) is 28.1 Å². The number of carbonyl (C=O) groups excluding carboxylic acids is 2. The average Bonchev–Trinajstić information content (AvgIpc) is 3.37. The van der Waals surface area contributed by atoms with Crippen LogP contribution in [0.15, 0.2) is 48.5 Å². The molecule has 1 fully saturated rings. The lowest BCUT2D eigenvalue weighted by molar-refractivity contribution is -0.170. The zero-order valence-corrected chi connectivity index (χ0v) is 17.7. The highest BCUT2D eigenvalue weighted by molar-refractivity contribution is 6.01. The molecule has 1 saturated heterocycles. The molecule has 0 aliphatic carbocycles. The summed E-state index contributed by atoms with van der Waals surface area (Å²) in [4.78, 5) is 25.9. The Morgan fingerprint density at radius 3 is 2.81 bits per heavy atom. The third kappa shape index (κ3) is 4.47. The Kier molecular flexibility index (Phi) is 6.06. The van der Waals surface area contributed by atoms with Crippen molar-refractivity contribution < 1.29 is 23.8 Å². The summed E-state index contributed by atoms with van der Waals surface area (Å²) in [5.41, 5.74) is 3.63. The first-order valence-corrected chi connectivity index (χ1v) is 10.3. The molecule has 4 rings (SSSR count). The summed E-state index contributed by atoms with van der Waals surface area (Å²) in [6.07, 6.45) is 4.08. The van der Waals surface area contributed by atoms with E-state index in [1.165, 1.54) is 6.08 Å². The van der Waals surface area contributed by atoms with Crippen LogP contribution in [-0.2, 0) is 31.3 Å². The first kappa shape index (κ1) is 21.1. The second kappa shape index (κ2) is 8.91. The summed E-state index contributed by atoms with van der Waals surface area (Å²) in [5.74, 6) is -0.299. The lowest BCUT2D eigenvalue weighted by atomic mass is 9.98. The Hall–Kier alpha value is -3.16. The number of carbonyl (C=O) groups is 2. The van der Waals surface area contributed by atoms with E-state index in [0.29, 0.717) is 32.6 Å². The minimum Gasteiger partial charge on any atom is -0.497 e. The van der Waals surface area contributed by atoms with Crippen molar-refractivity contribution in [3.8, 4) is 5.75 Å². The maximum atomic E-state index is 12.3. The molecule has 2 aliphatic rings. The van der Waals surface area contributed by atoms with E-state index in [9.17, 15) is 9.59 Å². The number of likely N-dealkylation sites (N-methyl/N-ethyl adjacent to an activating group) is 1. The summed E-state index contributed by atoms with van der Waals surface area (Å²) in [5, 5.41) is 2.89. The molecule has 0 spiro atoms.